The molecule has 234 valence electrons. The fourth-order valence-electron chi connectivity index (χ4n) is 5.94. The molecule has 1 aliphatic heterocycles. The molecule has 1 aliphatic rings. The van der Waals surface area contributed by atoms with Gasteiger partial charge >= 0.3 is 0 Å². The highest BCUT2D eigenvalue weighted by atomic mass is 32.2. The molecule has 0 unspecified atom stereocenters. The van der Waals surface area contributed by atoms with Crippen LogP contribution in [0.25, 0.3) is 22.0 Å². The summed E-state index contributed by atoms with van der Waals surface area (Å²) in [4.78, 5) is 22.6. The van der Waals surface area contributed by atoms with E-state index >= 15 is 0 Å². The van der Waals surface area contributed by atoms with Crippen molar-refractivity contribution < 1.29 is 13.2 Å². The van der Waals surface area contributed by atoms with E-state index in [2.05, 4.69) is 34.1 Å². The molecule has 6 rings (SSSR count). The normalized spacial score (nSPS) is 14.4. The van der Waals surface area contributed by atoms with Gasteiger partial charge in [0.15, 0.2) is 0 Å². The predicted octanol–water partition coefficient (Wildman–Crippen LogP) is 5.27. The van der Waals surface area contributed by atoms with Crippen LogP contribution in [0.4, 0.5) is 5.82 Å². The second kappa shape index (κ2) is 12.5. The van der Waals surface area contributed by atoms with E-state index in [0.29, 0.717) is 17.9 Å². The van der Waals surface area contributed by atoms with Gasteiger partial charge in [0.25, 0.3) is 15.6 Å². The van der Waals surface area contributed by atoms with E-state index in [0.717, 1.165) is 64.7 Å². The number of aryl methyl sites for hydroxylation is 2. The van der Waals surface area contributed by atoms with Crippen LogP contribution in [0.2, 0.25) is 0 Å². The number of likely N-dealkylation sites (N-methyl/N-ethyl adjacent to an activating group) is 1. The van der Waals surface area contributed by atoms with Gasteiger partial charge in [-0.25, -0.2) is 17.4 Å². The Balaban J connectivity index is 1.18. The van der Waals surface area contributed by atoms with Crippen LogP contribution in [0, 0.1) is 6.92 Å². The number of nitrogens with zero attached hydrogens (tertiary/aromatic N) is 5. The summed E-state index contributed by atoms with van der Waals surface area (Å²) in [7, 11) is 1.76. The van der Waals surface area contributed by atoms with Gasteiger partial charge in [0.2, 0.25) is 0 Å². The molecule has 0 aliphatic carbocycles. The second-order valence-electron chi connectivity index (χ2n) is 12.0. The van der Waals surface area contributed by atoms with E-state index in [-0.39, 0.29) is 16.0 Å². The molecule has 0 amide bonds. The summed E-state index contributed by atoms with van der Waals surface area (Å²) in [6.45, 7) is 5.27. The lowest BCUT2D eigenvalue weighted by molar-refractivity contribution is 0.261. The Hall–Kier alpha value is -4.41. The molecule has 9 nitrogen and oxygen atoms in total. The fourth-order valence-corrected chi connectivity index (χ4v) is 7.29. The third-order valence-electron chi connectivity index (χ3n) is 8.60. The first-order valence-electron chi connectivity index (χ1n) is 15.2. The monoisotopic (exact) mass is 625 g/mol. The smallest absolute Gasteiger partial charge is 0.275 e. The lowest BCUT2D eigenvalue weighted by Crippen LogP contribution is -2.33. The number of pyridine rings is 2. The Morgan fingerprint density at radius 2 is 1.67 bits per heavy atom. The Bertz CT molecular complexity index is 1950. The van der Waals surface area contributed by atoms with Gasteiger partial charge in [-0.15, -0.1) is 0 Å². The molecule has 0 atom stereocenters. The zero-order chi connectivity index (χ0) is 31.7. The van der Waals surface area contributed by atoms with Crippen LogP contribution in [0.5, 0.6) is 5.75 Å². The van der Waals surface area contributed by atoms with E-state index in [4.69, 9.17) is 9.72 Å². The van der Waals surface area contributed by atoms with E-state index in [1.807, 2.05) is 39.3 Å². The maximum absolute atomic E-state index is 13.5. The van der Waals surface area contributed by atoms with Gasteiger partial charge in [0.1, 0.15) is 23.7 Å². The van der Waals surface area contributed by atoms with Gasteiger partial charge in [-0.3, -0.25) is 4.79 Å². The highest BCUT2D eigenvalue weighted by Crippen LogP contribution is 2.33. The molecule has 3 aromatic heterocycles. The zero-order valence-electron chi connectivity index (χ0n) is 26.2. The van der Waals surface area contributed by atoms with Gasteiger partial charge < -0.3 is 19.1 Å². The van der Waals surface area contributed by atoms with E-state index < -0.39 is 10.0 Å². The van der Waals surface area contributed by atoms with Crippen molar-refractivity contribution in [2.24, 2.45) is 7.05 Å². The Morgan fingerprint density at radius 3 is 2.31 bits per heavy atom. The molecule has 0 radical (unpaired) electrons. The third kappa shape index (κ3) is 6.25. The fraction of sp³-hybridized carbons (Fsp3) is 0.314. The summed E-state index contributed by atoms with van der Waals surface area (Å²) in [6, 6.07) is 20.8. The van der Waals surface area contributed by atoms with Crippen molar-refractivity contribution in [1.29, 1.82) is 0 Å². The van der Waals surface area contributed by atoms with Crippen LogP contribution in [-0.2, 0) is 17.1 Å². The molecule has 2 aromatic carbocycles. The molecule has 0 N–H and O–H groups in total. The minimum atomic E-state index is -3.96. The number of fused-ring (bicyclic) bond motifs is 1. The molecule has 45 heavy (non-hydrogen) atoms. The lowest BCUT2D eigenvalue weighted by atomic mass is 9.89. The van der Waals surface area contributed by atoms with Crippen molar-refractivity contribution in [3.63, 3.8) is 0 Å². The molecule has 5 aromatic rings. The van der Waals surface area contributed by atoms with Crippen molar-refractivity contribution in [2.45, 2.75) is 30.6 Å². The maximum atomic E-state index is 13.5. The predicted molar refractivity (Wildman–Crippen MR) is 179 cm³/mol. The zero-order valence-corrected chi connectivity index (χ0v) is 27.0. The van der Waals surface area contributed by atoms with Crippen LogP contribution in [0.1, 0.15) is 29.9 Å². The summed E-state index contributed by atoms with van der Waals surface area (Å²) >= 11 is 0. The van der Waals surface area contributed by atoms with Gasteiger partial charge in [-0.05, 0) is 87.8 Å². The number of ether oxygens (including phenoxy) is 1. The SMILES string of the molecule is Cc1ccc(S(=O)(=O)n2ccc3c(-c4ccc(N5CCC(c6ccc(OCCN(C)C)cc6)CC5)nc4)cn(C)c(=O)c32)cc1. The van der Waals surface area contributed by atoms with Crippen molar-refractivity contribution in [2.75, 3.05) is 45.2 Å². The van der Waals surface area contributed by atoms with Gasteiger partial charge in [0.05, 0.1) is 4.90 Å². The van der Waals surface area contributed by atoms with E-state index in [1.54, 1.807) is 43.6 Å². The average molecular weight is 626 g/mol. The van der Waals surface area contributed by atoms with E-state index in [9.17, 15) is 13.2 Å². The number of rotatable bonds is 9. The highest BCUT2D eigenvalue weighted by Gasteiger charge is 2.24. The molecule has 1 saturated heterocycles. The number of aromatic nitrogens is 3. The summed E-state index contributed by atoms with van der Waals surface area (Å²) in [5, 5.41) is 0.568. The van der Waals surface area contributed by atoms with Crippen molar-refractivity contribution in [3.05, 3.63) is 107 Å². The van der Waals surface area contributed by atoms with Crippen molar-refractivity contribution in [3.8, 4) is 16.9 Å². The van der Waals surface area contributed by atoms with Crippen molar-refractivity contribution >= 4 is 26.7 Å². The third-order valence-corrected chi connectivity index (χ3v) is 10.3. The molecule has 0 bridgehead atoms. The number of anilines is 1. The molecule has 10 heteroatoms. The largest absolute Gasteiger partial charge is 0.492 e. The minimum absolute atomic E-state index is 0.120. The molecule has 4 heterocycles. The minimum Gasteiger partial charge on any atom is -0.492 e. The van der Waals surface area contributed by atoms with Crippen LogP contribution in [0.3, 0.4) is 0 Å². The quantitative estimate of drug-likeness (QED) is 0.221. The summed E-state index contributed by atoms with van der Waals surface area (Å²) < 4.78 is 35.4. The van der Waals surface area contributed by atoms with Crippen LogP contribution < -0.4 is 15.2 Å². The van der Waals surface area contributed by atoms with Crippen LogP contribution >= 0.6 is 0 Å². The molecule has 1 fully saturated rings. The first-order chi connectivity index (χ1) is 21.6. The molecule has 0 saturated carbocycles. The number of benzene rings is 2. The Kier molecular flexibility index (Phi) is 8.52. The van der Waals surface area contributed by atoms with Crippen molar-refractivity contribution in [1.82, 2.24) is 18.4 Å². The standard InChI is InChI=1S/C35H39N5O4S/c1-25-5-12-30(13-6-25)45(42,43)40-20-17-31-32(24-38(4)35(41)34(31)40)28-9-14-33(36-23-28)39-18-15-27(16-19-39)26-7-10-29(11-8-26)44-22-21-37(2)3/h5-14,17,20,23-24,27H,15-16,18-19,21-22H2,1-4H3. The summed E-state index contributed by atoms with van der Waals surface area (Å²) in [6.07, 6.45) is 7.08. The Morgan fingerprint density at radius 1 is 0.956 bits per heavy atom. The van der Waals surface area contributed by atoms with Crippen LogP contribution in [-0.4, -0.2) is 67.2 Å². The van der Waals surface area contributed by atoms with Gasteiger partial charge in [0, 0.05) is 61.8 Å². The molecular formula is C35H39N5O4S. The maximum Gasteiger partial charge on any atom is 0.275 e. The molecule has 0 spiro atoms. The van der Waals surface area contributed by atoms with Gasteiger partial charge in [-0.2, -0.15) is 0 Å². The molecular weight excluding hydrogens is 586 g/mol. The average Bonchev–Trinajstić information content (AvgIpc) is 3.50. The van der Waals surface area contributed by atoms with E-state index in [1.165, 1.54) is 16.3 Å². The second-order valence-corrected chi connectivity index (χ2v) is 13.9. The summed E-state index contributed by atoms with van der Waals surface area (Å²) in [5.41, 5.74) is 3.59. The first kappa shape index (κ1) is 30.6. The number of hydrogen-bond acceptors (Lipinski definition) is 7. The number of hydrogen-bond donors (Lipinski definition) is 0. The van der Waals surface area contributed by atoms with Crippen LogP contribution in [0.15, 0.2) is 95.0 Å². The van der Waals surface area contributed by atoms with Gasteiger partial charge in [-0.1, -0.05) is 29.8 Å². The highest BCUT2D eigenvalue weighted by molar-refractivity contribution is 7.90. The first-order valence-corrected chi connectivity index (χ1v) is 16.7. The summed E-state index contributed by atoms with van der Waals surface area (Å²) in [5.74, 6) is 2.31. The lowest BCUT2D eigenvalue weighted by Gasteiger charge is -2.33. The number of piperidine rings is 1. The Labute approximate surface area is 264 Å². The topological polar surface area (TPSA) is 89.7 Å².